The summed E-state index contributed by atoms with van der Waals surface area (Å²) < 4.78 is 0. The van der Waals surface area contributed by atoms with Gasteiger partial charge in [-0.05, 0) is 55.5 Å². The van der Waals surface area contributed by atoms with Crippen molar-refractivity contribution in [2.75, 3.05) is 13.1 Å². The molecule has 0 atom stereocenters. The summed E-state index contributed by atoms with van der Waals surface area (Å²) in [5, 5.41) is 4.92. The maximum Gasteiger partial charge on any atom is 0.0453 e. The van der Waals surface area contributed by atoms with Crippen molar-refractivity contribution in [3.63, 3.8) is 0 Å². The van der Waals surface area contributed by atoms with Gasteiger partial charge in [-0.1, -0.05) is 50.0 Å². The summed E-state index contributed by atoms with van der Waals surface area (Å²) in [6, 6.07) is 5.70. The molecule has 0 amide bonds. The zero-order valence-electron chi connectivity index (χ0n) is 11.5. The van der Waals surface area contributed by atoms with Crippen LogP contribution in [-0.4, -0.2) is 13.1 Å². The highest BCUT2D eigenvalue weighted by molar-refractivity contribution is 6.35. The molecule has 0 saturated carbocycles. The molecule has 3 heteroatoms. The Hall–Kier alpha value is -0.240. The van der Waals surface area contributed by atoms with Crippen molar-refractivity contribution in [3.8, 4) is 0 Å². The van der Waals surface area contributed by atoms with Gasteiger partial charge in [0.1, 0.15) is 0 Å². The molecule has 18 heavy (non-hydrogen) atoms. The van der Waals surface area contributed by atoms with E-state index in [1.165, 1.54) is 12.8 Å². The number of benzene rings is 1. The Morgan fingerprint density at radius 2 is 1.83 bits per heavy atom. The highest BCUT2D eigenvalue weighted by Crippen LogP contribution is 2.21. The van der Waals surface area contributed by atoms with Crippen molar-refractivity contribution in [2.45, 2.75) is 40.0 Å². The van der Waals surface area contributed by atoms with Crippen LogP contribution in [0.2, 0.25) is 10.0 Å². The van der Waals surface area contributed by atoms with Gasteiger partial charge in [0.2, 0.25) is 0 Å². The number of halogens is 2. The van der Waals surface area contributed by atoms with Crippen LogP contribution in [0.5, 0.6) is 0 Å². The van der Waals surface area contributed by atoms with Gasteiger partial charge in [0, 0.05) is 10.0 Å². The van der Waals surface area contributed by atoms with Gasteiger partial charge in [0.15, 0.2) is 0 Å². The lowest BCUT2D eigenvalue weighted by Crippen LogP contribution is -2.20. The van der Waals surface area contributed by atoms with Crippen LogP contribution < -0.4 is 5.32 Å². The molecule has 102 valence electrons. The Bertz CT molecular complexity index is 369. The summed E-state index contributed by atoms with van der Waals surface area (Å²) in [4.78, 5) is 0. The first-order chi connectivity index (χ1) is 8.38. The molecule has 0 bridgehead atoms. The minimum atomic E-state index is 0.432. The third-order valence-electron chi connectivity index (χ3n) is 2.87. The molecule has 0 aromatic heterocycles. The largest absolute Gasteiger partial charge is 0.316 e. The molecule has 1 aromatic carbocycles. The fourth-order valence-electron chi connectivity index (χ4n) is 1.82. The van der Waals surface area contributed by atoms with E-state index < -0.39 is 0 Å². The van der Waals surface area contributed by atoms with Crippen LogP contribution in [-0.2, 0) is 6.42 Å². The summed E-state index contributed by atoms with van der Waals surface area (Å²) in [6.07, 6.45) is 3.42. The second-order valence-electron chi connectivity index (χ2n) is 5.90. The van der Waals surface area contributed by atoms with Crippen LogP contribution >= 0.6 is 23.2 Å². The van der Waals surface area contributed by atoms with Crippen molar-refractivity contribution >= 4 is 23.2 Å². The zero-order valence-corrected chi connectivity index (χ0v) is 13.0. The van der Waals surface area contributed by atoms with Crippen LogP contribution in [0.25, 0.3) is 0 Å². The van der Waals surface area contributed by atoms with Gasteiger partial charge in [-0.3, -0.25) is 0 Å². The Morgan fingerprint density at radius 3 is 2.44 bits per heavy atom. The lowest BCUT2D eigenvalue weighted by Gasteiger charge is -2.17. The van der Waals surface area contributed by atoms with Crippen molar-refractivity contribution in [2.24, 2.45) is 5.41 Å². The van der Waals surface area contributed by atoms with E-state index in [1.54, 1.807) is 6.07 Å². The van der Waals surface area contributed by atoms with Crippen LogP contribution in [0.1, 0.15) is 39.2 Å². The number of nitrogens with one attached hydrogen (secondary N) is 1. The van der Waals surface area contributed by atoms with E-state index in [9.17, 15) is 0 Å². The zero-order chi connectivity index (χ0) is 13.6. The minimum Gasteiger partial charge on any atom is -0.316 e. The molecule has 1 nitrogen and oxygen atoms in total. The summed E-state index contributed by atoms with van der Waals surface area (Å²) in [7, 11) is 0. The Morgan fingerprint density at radius 1 is 1.11 bits per heavy atom. The number of rotatable bonds is 6. The monoisotopic (exact) mass is 287 g/mol. The van der Waals surface area contributed by atoms with Gasteiger partial charge in [-0.25, -0.2) is 0 Å². The molecular weight excluding hydrogens is 265 g/mol. The third-order valence-corrected chi connectivity index (χ3v) is 3.45. The third kappa shape index (κ3) is 6.63. The molecule has 0 fully saturated rings. The molecule has 0 unspecified atom stereocenters. The standard InChI is InChI=1S/C15H23Cl2N/c1-15(2,3)8-4-9-18-10-7-12-5-6-13(16)11-14(12)17/h5-6,11,18H,4,7-10H2,1-3H3. The van der Waals surface area contributed by atoms with Gasteiger partial charge >= 0.3 is 0 Å². The average molecular weight is 288 g/mol. The maximum atomic E-state index is 6.12. The van der Waals surface area contributed by atoms with Gasteiger partial charge < -0.3 is 5.32 Å². The summed E-state index contributed by atoms with van der Waals surface area (Å²) in [6.45, 7) is 8.87. The first-order valence-electron chi connectivity index (χ1n) is 6.53. The van der Waals surface area contributed by atoms with Crippen molar-refractivity contribution < 1.29 is 0 Å². The van der Waals surface area contributed by atoms with E-state index in [2.05, 4.69) is 26.1 Å². The first-order valence-corrected chi connectivity index (χ1v) is 7.29. The Balaban J connectivity index is 2.18. The number of hydrogen-bond donors (Lipinski definition) is 1. The highest BCUT2D eigenvalue weighted by Gasteiger charge is 2.08. The van der Waals surface area contributed by atoms with E-state index in [-0.39, 0.29) is 0 Å². The quantitative estimate of drug-likeness (QED) is 0.730. The highest BCUT2D eigenvalue weighted by atomic mass is 35.5. The smallest absolute Gasteiger partial charge is 0.0453 e. The minimum absolute atomic E-state index is 0.432. The van der Waals surface area contributed by atoms with Gasteiger partial charge in [0.05, 0.1) is 0 Å². The van der Waals surface area contributed by atoms with Gasteiger partial charge in [-0.2, -0.15) is 0 Å². The molecule has 1 aromatic rings. The molecule has 0 aliphatic heterocycles. The van der Waals surface area contributed by atoms with E-state index in [1.807, 2.05) is 12.1 Å². The van der Waals surface area contributed by atoms with Gasteiger partial charge in [-0.15, -0.1) is 0 Å². The molecule has 0 spiro atoms. The SMILES string of the molecule is CC(C)(C)CCCNCCc1ccc(Cl)cc1Cl. The second-order valence-corrected chi connectivity index (χ2v) is 6.74. The average Bonchev–Trinajstić information content (AvgIpc) is 2.24. The second kappa shape index (κ2) is 7.37. The normalized spacial score (nSPS) is 11.8. The molecule has 0 saturated heterocycles. The van der Waals surface area contributed by atoms with Crippen LogP contribution in [0.4, 0.5) is 0 Å². The molecular formula is C15H23Cl2N. The molecule has 0 radical (unpaired) electrons. The summed E-state index contributed by atoms with van der Waals surface area (Å²) in [5.41, 5.74) is 1.59. The molecule has 0 aliphatic carbocycles. The molecule has 1 rings (SSSR count). The fourth-order valence-corrected chi connectivity index (χ4v) is 2.32. The van der Waals surface area contributed by atoms with Crippen molar-refractivity contribution in [1.29, 1.82) is 0 Å². The summed E-state index contributed by atoms with van der Waals surface area (Å²) in [5.74, 6) is 0. The molecule has 0 aliphatic rings. The van der Waals surface area contributed by atoms with Crippen molar-refractivity contribution in [1.82, 2.24) is 5.32 Å². The molecule has 1 N–H and O–H groups in total. The Labute approximate surface area is 121 Å². The predicted molar refractivity (Wildman–Crippen MR) is 81.7 cm³/mol. The lowest BCUT2D eigenvalue weighted by molar-refractivity contribution is 0.361. The van der Waals surface area contributed by atoms with E-state index >= 15 is 0 Å². The van der Waals surface area contributed by atoms with E-state index in [4.69, 9.17) is 23.2 Å². The predicted octanol–water partition coefficient (Wildman–Crippen LogP) is 4.95. The summed E-state index contributed by atoms with van der Waals surface area (Å²) >= 11 is 12.0. The van der Waals surface area contributed by atoms with E-state index in [0.29, 0.717) is 10.4 Å². The maximum absolute atomic E-state index is 6.12. The first kappa shape index (κ1) is 15.8. The molecule has 0 heterocycles. The Kier molecular flexibility index (Phi) is 6.48. The van der Waals surface area contributed by atoms with Crippen molar-refractivity contribution in [3.05, 3.63) is 33.8 Å². The van der Waals surface area contributed by atoms with E-state index in [0.717, 1.165) is 30.1 Å². The van der Waals surface area contributed by atoms with Crippen LogP contribution in [0.3, 0.4) is 0 Å². The topological polar surface area (TPSA) is 12.0 Å². The lowest BCUT2D eigenvalue weighted by atomic mass is 9.91. The van der Waals surface area contributed by atoms with Crippen LogP contribution in [0.15, 0.2) is 18.2 Å². The van der Waals surface area contributed by atoms with Crippen LogP contribution in [0, 0.1) is 5.41 Å². The number of hydrogen-bond acceptors (Lipinski definition) is 1. The fraction of sp³-hybridized carbons (Fsp3) is 0.600. The van der Waals surface area contributed by atoms with Gasteiger partial charge in [0.25, 0.3) is 0 Å².